The quantitative estimate of drug-likeness (QED) is 0.166. The molecule has 0 amide bonds. The Labute approximate surface area is 413 Å². The molecule has 2 aromatic heterocycles. The number of fused-ring (bicyclic) bond motifs is 16. The maximum atomic E-state index is 15.7. The van der Waals surface area contributed by atoms with Gasteiger partial charge in [-0.2, -0.15) is 0 Å². The first kappa shape index (κ1) is 40.6. The van der Waals surface area contributed by atoms with E-state index in [0.717, 1.165) is 139 Å². The number of benzene rings is 11. The van der Waals surface area contributed by atoms with Crippen LogP contribution < -0.4 is 4.90 Å². The number of hydrogen-bond donors (Lipinski definition) is 0. The summed E-state index contributed by atoms with van der Waals surface area (Å²) in [6, 6.07) is 80.0. The van der Waals surface area contributed by atoms with Gasteiger partial charge in [0.1, 0.15) is 34.0 Å². The van der Waals surface area contributed by atoms with Crippen molar-refractivity contribution in [3.05, 3.63) is 270 Å². The number of para-hydroxylation sites is 2. The molecule has 0 bridgehead atoms. The summed E-state index contributed by atoms with van der Waals surface area (Å²) in [5, 5.41) is 4.40. The molecule has 338 valence electrons. The Morgan fingerprint density at radius 3 is 1.38 bits per heavy atom. The summed E-state index contributed by atoms with van der Waals surface area (Å²) in [4.78, 5) is 2.29. The van der Waals surface area contributed by atoms with E-state index in [1.807, 2.05) is 60.7 Å². The molecule has 2 aliphatic carbocycles. The van der Waals surface area contributed by atoms with Gasteiger partial charge in [0.05, 0.1) is 5.41 Å². The van der Waals surface area contributed by atoms with Crippen LogP contribution in [-0.2, 0) is 5.41 Å². The van der Waals surface area contributed by atoms with E-state index < -0.39 is 5.41 Å². The van der Waals surface area contributed by atoms with Crippen molar-refractivity contribution in [3.8, 4) is 55.6 Å². The molecule has 0 saturated carbocycles. The largest absolute Gasteiger partial charge is 0.456 e. The highest BCUT2D eigenvalue weighted by atomic mass is 19.1. The smallest absolute Gasteiger partial charge is 0.136 e. The van der Waals surface area contributed by atoms with Crippen LogP contribution in [-0.4, -0.2) is 0 Å². The van der Waals surface area contributed by atoms with Gasteiger partial charge in [-0.1, -0.05) is 140 Å². The summed E-state index contributed by atoms with van der Waals surface area (Å²) < 4.78 is 44.0. The molecule has 5 heteroatoms. The molecule has 3 nitrogen and oxygen atoms in total. The van der Waals surface area contributed by atoms with Gasteiger partial charge in [0.15, 0.2) is 0 Å². The van der Waals surface area contributed by atoms with E-state index in [1.165, 1.54) is 12.1 Å². The lowest BCUT2D eigenvalue weighted by molar-refractivity contribution is 0.617. The van der Waals surface area contributed by atoms with Crippen LogP contribution in [0.3, 0.4) is 0 Å². The Bertz CT molecular complexity index is 4200. The second-order valence-corrected chi connectivity index (χ2v) is 19.0. The molecule has 0 N–H and O–H groups in total. The predicted octanol–water partition coefficient (Wildman–Crippen LogP) is 18.6. The number of halogens is 2. The van der Waals surface area contributed by atoms with Crippen LogP contribution in [0, 0.1) is 11.6 Å². The fourth-order valence-corrected chi connectivity index (χ4v) is 12.1. The normalized spacial score (nSPS) is 14.3. The van der Waals surface area contributed by atoms with E-state index in [1.54, 1.807) is 12.1 Å². The third-order valence-corrected chi connectivity index (χ3v) is 15.2. The number of rotatable bonds is 6. The van der Waals surface area contributed by atoms with E-state index in [-0.39, 0.29) is 11.6 Å². The van der Waals surface area contributed by atoms with E-state index in [9.17, 15) is 0 Å². The Kier molecular flexibility index (Phi) is 8.64. The van der Waals surface area contributed by atoms with Crippen LogP contribution in [0.25, 0.3) is 99.5 Å². The topological polar surface area (TPSA) is 29.5 Å². The molecule has 0 saturated heterocycles. The average molecular weight is 928 g/mol. The van der Waals surface area contributed by atoms with Crippen LogP contribution in [0.1, 0.15) is 22.3 Å². The molecule has 2 heterocycles. The maximum absolute atomic E-state index is 15.7. The molecule has 2 aliphatic rings. The fourth-order valence-electron chi connectivity index (χ4n) is 12.1. The fraction of sp³-hybridized carbons (Fsp3) is 0.0149. The van der Waals surface area contributed by atoms with Gasteiger partial charge in [-0.3, -0.25) is 0 Å². The first-order valence-electron chi connectivity index (χ1n) is 24.3. The van der Waals surface area contributed by atoms with Crippen LogP contribution in [0.4, 0.5) is 25.8 Å². The third-order valence-electron chi connectivity index (χ3n) is 15.2. The van der Waals surface area contributed by atoms with Crippen molar-refractivity contribution in [2.45, 2.75) is 5.41 Å². The molecule has 1 atom stereocenters. The molecule has 13 aromatic rings. The van der Waals surface area contributed by atoms with E-state index >= 15 is 8.78 Å². The molecule has 0 radical (unpaired) electrons. The van der Waals surface area contributed by atoms with Crippen molar-refractivity contribution >= 4 is 60.9 Å². The Morgan fingerprint density at radius 2 is 0.764 bits per heavy atom. The highest BCUT2D eigenvalue weighted by molar-refractivity contribution is 6.07. The summed E-state index contributed by atoms with van der Waals surface area (Å²) in [5.74, 6) is -0.658. The first-order chi connectivity index (χ1) is 35.5. The van der Waals surface area contributed by atoms with E-state index in [2.05, 4.69) is 157 Å². The van der Waals surface area contributed by atoms with Crippen LogP contribution in [0.15, 0.2) is 245 Å². The Hall–Kier alpha value is -9.32. The zero-order chi connectivity index (χ0) is 47.7. The maximum Gasteiger partial charge on any atom is 0.136 e. The molecule has 72 heavy (non-hydrogen) atoms. The lowest BCUT2D eigenvalue weighted by Crippen LogP contribution is -2.27. The summed E-state index contributed by atoms with van der Waals surface area (Å²) in [6.45, 7) is 0. The van der Waals surface area contributed by atoms with Crippen LogP contribution in [0.2, 0.25) is 0 Å². The van der Waals surface area contributed by atoms with Crippen molar-refractivity contribution in [1.82, 2.24) is 0 Å². The summed E-state index contributed by atoms with van der Waals surface area (Å²) in [6.07, 6.45) is 0. The molecule has 15 rings (SSSR count). The Balaban J connectivity index is 0.883. The van der Waals surface area contributed by atoms with Gasteiger partial charge in [0, 0.05) is 38.6 Å². The highest BCUT2D eigenvalue weighted by Gasteiger charge is 2.53. The molecule has 1 spiro atoms. The van der Waals surface area contributed by atoms with Crippen LogP contribution in [0.5, 0.6) is 0 Å². The lowest BCUT2D eigenvalue weighted by Gasteiger charge is -2.32. The SMILES string of the molecule is Fc1ccc2c(c1)C1(c3ccccc3-2)c2cc(F)ccc2-c2cccc(-c3cccc(N(c4ccc(-c5ccc6c(c5)oc5ccccc56)cc4)c4ccc(-c5ccc6c(c5)oc5ccccc56)cc4)c3)c21. The number of nitrogens with zero attached hydrogens (tertiary/aromatic N) is 1. The predicted molar refractivity (Wildman–Crippen MR) is 288 cm³/mol. The second-order valence-electron chi connectivity index (χ2n) is 19.0. The Morgan fingerprint density at radius 1 is 0.292 bits per heavy atom. The van der Waals surface area contributed by atoms with Gasteiger partial charge >= 0.3 is 0 Å². The zero-order valence-corrected chi connectivity index (χ0v) is 38.5. The minimum absolute atomic E-state index is 0.329. The van der Waals surface area contributed by atoms with E-state index in [4.69, 9.17) is 8.83 Å². The molecular weight excluding hydrogens is 889 g/mol. The number of hydrogen-bond acceptors (Lipinski definition) is 3. The molecule has 0 fully saturated rings. The summed E-state index contributed by atoms with van der Waals surface area (Å²) >= 11 is 0. The second kappa shape index (κ2) is 15.3. The third kappa shape index (κ3) is 5.88. The molecule has 11 aromatic carbocycles. The summed E-state index contributed by atoms with van der Waals surface area (Å²) in [5.41, 5.74) is 19.2. The van der Waals surface area contributed by atoms with Gasteiger partial charge in [-0.15, -0.1) is 0 Å². The minimum Gasteiger partial charge on any atom is -0.456 e. The van der Waals surface area contributed by atoms with Gasteiger partial charge < -0.3 is 13.7 Å². The van der Waals surface area contributed by atoms with Crippen molar-refractivity contribution < 1.29 is 17.6 Å². The first-order valence-corrected chi connectivity index (χ1v) is 24.3. The van der Waals surface area contributed by atoms with E-state index in [0.29, 0.717) is 0 Å². The van der Waals surface area contributed by atoms with Gasteiger partial charge in [0.2, 0.25) is 0 Å². The van der Waals surface area contributed by atoms with Gasteiger partial charge in [0.25, 0.3) is 0 Å². The minimum atomic E-state index is -0.963. The molecule has 1 unspecified atom stereocenters. The number of furan rings is 2. The van der Waals surface area contributed by atoms with Crippen LogP contribution >= 0.6 is 0 Å². The zero-order valence-electron chi connectivity index (χ0n) is 38.5. The number of anilines is 3. The van der Waals surface area contributed by atoms with Crippen molar-refractivity contribution in [3.63, 3.8) is 0 Å². The van der Waals surface area contributed by atoms with Crippen molar-refractivity contribution in [2.24, 2.45) is 0 Å². The molecule has 0 aliphatic heterocycles. The van der Waals surface area contributed by atoms with Gasteiger partial charge in [-0.05, 0) is 175 Å². The lowest BCUT2D eigenvalue weighted by atomic mass is 9.68. The van der Waals surface area contributed by atoms with Crippen molar-refractivity contribution in [1.29, 1.82) is 0 Å². The standard InChI is InChI=1S/C67H39F2NO2/c68-45-25-33-52-51-11-1-4-16-59(51)67(60(52)38-45)61-39-46(69)26-34-53(61)58-15-8-14-50(66(58)67)44-9-7-10-49(35-44)70(47-27-19-40(20-28-47)42-23-31-56-54-12-2-5-17-62(54)71-64(56)36-42)48-29-21-41(22-30-48)43-24-32-57-55-13-3-6-18-63(55)72-65(57)37-43/h1-39H. The summed E-state index contributed by atoms with van der Waals surface area (Å²) in [7, 11) is 0. The molecular formula is C67H39F2NO2. The highest BCUT2D eigenvalue weighted by Crippen LogP contribution is 2.64. The van der Waals surface area contributed by atoms with Gasteiger partial charge in [-0.25, -0.2) is 8.78 Å². The van der Waals surface area contributed by atoms with Crippen molar-refractivity contribution in [2.75, 3.05) is 4.90 Å². The average Bonchev–Trinajstić information content (AvgIpc) is 4.17. The monoisotopic (exact) mass is 927 g/mol.